The summed E-state index contributed by atoms with van der Waals surface area (Å²) in [5.41, 5.74) is 0. The van der Waals surface area contributed by atoms with Gasteiger partial charge in [-0.2, -0.15) is 0 Å². The maximum Gasteiger partial charge on any atom is 0.305 e. The minimum absolute atomic E-state index is 0.119. The fourth-order valence-corrected chi connectivity index (χ4v) is 1.85. The van der Waals surface area contributed by atoms with Gasteiger partial charge < -0.3 is 20.4 Å². The van der Waals surface area contributed by atoms with Crippen molar-refractivity contribution in [2.45, 2.75) is 90.3 Å². The average Bonchev–Trinajstić information content (AvgIpc) is 2.40. The van der Waals surface area contributed by atoms with E-state index in [-0.39, 0.29) is 12.8 Å². The molecule has 22 heavy (non-hydrogen) atoms. The average molecular weight is 320 g/mol. The molecule has 0 spiro atoms. The second kappa shape index (κ2) is 16.2. The van der Waals surface area contributed by atoms with Gasteiger partial charge in [-0.15, -0.1) is 0 Å². The Kier molecular flexibility index (Phi) is 17.1. The predicted molar refractivity (Wildman–Crippen MR) is 84.8 cm³/mol. The molecule has 0 fully saturated rings. The molecule has 0 rings (SSSR count). The van der Waals surface area contributed by atoms with E-state index in [0.717, 1.165) is 32.1 Å². The van der Waals surface area contributed by atoms with E-state index in [1.54, 1.807) is 0 Å². The molecule has 0 aliphatic rings. The summed E-state index contributed by atoms with van der Waals surface area (Å²) in [6, 6.07) is 0. The van der Waals surface area contributed by atoms with E-state index in [4.69, 9.17) is 20.4 Å². The molecule has 0 aliphatic carbocycles. The number of hydrogen-bond acceptors (Lipinski definition) is 4. The highest BCUT2D eigenvalue weighted by Gasteiger charge is 2.08. The highest BCUT2D eigenvalue weighted by Crippen LogP contribution is 2.07. The van der Waals surface area contributed by atoms with Gasteiger partial charge in [-0.25, -0.2) is 0 Å². The maximum absolute atomic E-state index is 10.1. The van der Waals surface area contributed by atoms with E-state index in [2.05, 4.69) is 6.92 Å². The summed E-state index contributed by atoms with van der Waals surface area (Å²) in [6.45, 7) is 4.13. The van der Waals surface area contributed by atoms with E-state index in [0.29, 0.717) is 12.8 Å². The van der Waals surface area contributed by atoms with Crippen LogP contribution in [0.4, 0.5) is 0 Å². The van der Waals surface area contributed by atoms with Crippen molar-refractivity contribution in [1.29, 1.82) is 0 Å². The number of aliphatic hydroxyl groups is 2. The van der Waals surface area contributed by atoms with Crippen LogP contribution in [-0.4, -0.2) is 44.6 Å². The SMILES string of the molecule is CCCCC(O)CC(=O)O.CCCCCCC(O)CC(=O)O. The van der Waals surface area contributed by atoms with Crippen molar-refractivity contribution in [3.05, 3.63) is 0 Å². The summed E-state index contributed by atoms with van der Waals surface area (Å²) >= 11 is 0. The molecule has 4 N–H and O–H groups in total. The second-order valence-corrected chi connectivity index (χ2v) is 5.49. The first kappa shape index (κ1) is 23.1. The normalized spacial score (nSPS) is 12.9. The number of carbonyl (C=O) groups is 2. The molecule has 6 nitrogen and oxygen atoms in total. The highest BCUT2D eigenvalue weighted by atomic mass is 16.4. The number of carboxylic acid groups (broad SMARTS) is 2. The lowest BCUT2D eigenvalue weighted by Crippen LogP contribution is -2.12. The molecule has 0 saturated heterocycles. The first-order valence-corrected chi connectivity index (χ1v) is 8.13. The van der Waals surface area contributed by atoms with Gasteiger partial charge in [0.15, 0.2) is 0 Å². The number of aliphatic carboxylic acids is 2. The molecule has 0 aliphatic heterocycles. The molecule has 6 heteroatoms. The molecule has 0 aromatic carbocycles. The zero-order chi connectivity index (χ0) is 17.4. The fraction of sp³-hybridized carbons (Fsp3) is 0.875. The zero-order valence-corrected chi connectivity index (χ0v) is 13.8. The Hall–Kier alpha value is -1.14. The van der Waals surface area contributed by atoms with Crippen LogP contribution < -0.4 is 0 Å². The van der Waals surface area contributed by atoms with Crippen LogP contribution in [0.25, 0.3) is 0 Å². The van der Waals surface area contributed by atoms with Gasteiger partial charge in [0.25, 0.3) is 0 Å². The van der Waals surface area contributed by atoms with Gasteiger partial charge in [-0.3, -0.25) is 9.59 Å². The fourth-order valence-electron chi connectivity index (χ4n) is 1.85. The molecule has 0 aromatic rings. The van der Waals surface area contributed by atoms with Crippen LogP contribution in [-0.2, 0) is 9.59 Å². The van der Waals surface area contributed by atoms with Crippen LogP contribution >= 0.6 is 0 Å². The van der Waals surface area contributed by atoms with E-state index in [1.807, 2.05) is 6.92 Å². The van der Waals surface area contributed by atoms with Crippen molar-refractivity contribution in [3.8, 4) is 0 Å². The first-order valence-electron chi connectivity index (χ1n) is 8.13. The summed E-state index contributed by atoms with van der Waals surface area (Å²) < 4.78 is 0. The van der Waals surface area contributed by atoms with Gasteiger partial charge in [0.05, 0.1) is 25.0 Å². The summed E-state index contributed by atoms with van der Waals surface area (Å²) in [6.07, 6.45) is 5.91. The molecule has 0 saturated carbocycles. The second-order valence-electron chi connectivity index (χ2n) is 5.49. The van der Waals surface area contributed by atoms with E-state index in [1.165, 1.54) is 6.42 Å². The Morgan fingerprint density at radius 1 is 0.727 bits per heavy atom. The third-order valence-electron chi connectivity index (χ3n) is 3.10. The van der Waals surface area contributed by atoms with Crippen LogP contribution in [0.15, 0.2) is 0 Å². The van der Waals surface area contributed by atoms with Crippen LogP contribution in [0.2, 0.25) is 0 Å². The lowest BCUT2D eigenvalue weighted by Gasteiger charge is -2.06. The smallest absolute Gasteiger partial charge is 0.305 e. The Morgan fingerprint density at radius 3 is 1.50 bits per heavy atom. The van der Waals surface area contributed by atoms with E-state index in [9.17, 15) is 9.59 Å². The van der Waals surface area contributed by atoms with Crippen molar-refractivity contribution in [2.75, 3.05) is 0 Å². The molecule has 0 heterocycles. The molecule has 0 aromatic heterocycles. The number of rotatable bonds is 12. The minimum Gasteiger partial charge on any atom is -0.481 e. The van der Waals surface area contributed by atoms with Crippen molar-refractivity contribution < 1.29 is 30.0 Å². The molecule has 132 valence electrons. The first-order chi connectivity index (χ1) is 10.3. The van der Waals surface area contributed by atoms with Crippen LogP contribution in [0.1, 0.15) is 78.1 Å². The Labute approximate surface area is 133 Å². The molecule has 0 bridgehead atoms. The summed E-state index contributed by atoms with van der Waals surface area (Å²) in [5.74, 6) is -1.85. The molecule has 2 atom stereocenters. The standard InChI is InChI=1S/C9H18O3.C7H14O3/c1-2-3-4-5-6-8(10)7-9(11)12;1-2-3-4-6(8)5-7(9)10/h8,10H,2-7H2,1H3,(H,11,12);6,8H,2-5H2,1H3,(H,9,10). The molecule has 2 unspecified atom stereocenters. The van der Waals surface area contributed by atoms with Crippen LogP contribution in [0.5, 0.6) is 0 Å². The monoisotopic (exact) mass is 320 g/mol. The van der Waals surface area contributed by atoms with Crippen molar-refractivity contribution >= 4 is 11.9 Å². The molecular formula is C16H32O6. The third kappa shape index (κ3) is 21.2. The van der Waals surface area contributed by atoms with Gasteiger partial charge in [0.1, 0.15) is 0 Å². The van der Waals surface area contributed by atoms with E-state index < -0.39 is 24.1 Å². The Bertz CT molecular complexity index is 280. The van der Waals surface area contributed by atoms with Crippen molar-refractivity contribution in [2.24, 2.45) is 0 Å². The van der Waals surface area contributed by atoms with Gasteiger partial charge in [-0.05, 0) is 12.8 Å². The van der Waals surface area contributed by atoms with Gasteiger partial charge in [0, 0.05) is 0 Å². The van der Waals surface area contributed by atoms with E-state index >= 15 is 0 Å². The summed E-state index contributed by atoms with van der Waals surface area (Å²) in [5, 5.41) is 34.7. The summed E-state index contributed by atoms with van der Waals surface area (Å²) in [4.78, 5) is 20.2. The van der Waals surface area contributed by atoms with Crippen molar-refractivity contribution in [1.82, 2.24) is 0 Å². The Morgan fingerprint density at radius 2 is 1.14 bits per heavy atom. The van der Waals surface area contributed by atoms with Crippen molar-refractivity contribution in [3.63, 3.8) is 0 Å². The zero-order valence-electron chi connectivity index (χ0n) is 13.8. The number of hydrogen-bond donors (Lipinski definition) is 4. The van der Waals surface area contributed by atoms with Gasteiger partial charge in [0.2, 0.25) is 0 Å². The predicted octanol–water partition coefficient (Wildman–Crippen LogP) is 2.80. The van der Waals surface area contributed by atoms with Crippen LogP contribution in [0.3, 0.4) is 0 Å². The van der Waals surface area contributed by atoms with Gasteiger partial charge in [-0.1, -0.05) is 52.4 Å². The highest BCUT2D eigenvalue weighted by molar-refractivity contribution is 5.67. The molecule has 0 amide bonds. The number of unbranched alkanes of at least 4 members (excludes halogenated alkanes) is 4. The van der Waals surface area contributed by atoms with Gasteiger partial charge >= 0.3 is 11.9 Å². The molecular weight excluding hydrogens is 288 g/mol. The lowest BCUT2D eigenvalue weighted by atomic mass is 10.1. The lowest BCUT2D eigenvalue weighted by molar-refractivity contribution is -0.140. The minimum atomic E-state index is -0.927. The molecule has 0 radical (unpaired) electrons. The van der Waals surface area contributed by atoms with Crippen LogP contribution in [0, 0.1) is 0 Å². The Balaban J connectivity index is 0. The quantitative estimate of drug-likeness (QED) is 0.411. The largest absolute Gasteiger partial charge is 0.481 e. The third-order valence-corrected chi connectivity index (χ3v) is 3.10. The topological polar surface area (TPSA) is 115 Å². The number of carboxylic acids is 2. The summed E-state index contributed by atoms with van der Waals surface area (Å²) in [7, 11) is 0. The number of aliphatic hydroxyl groups excluding tert-OH is 2. The maximum atomic E-state index is 10.1.